The molecule has 1 atom stereocenters. The van der Waals surface area contributed by atoms with Crippen LogP contribution in [0.2, 0.25) is 0 Å². The summed E-state index contributed by atoms with van der Waals surface area (Å²) >= 11 is 3.23. The van der Waals surface area contributed by atoms with E-state index in [2.05, 4.69) is 20.7 Å². The zero-order chi connectivity index (χ0) is 16.9. The van der Waals surface area contributed by atoms with Crippen LogP contribution < -0.4 is 14.2 Å². The van der Waals surface area contributed by atoms with E-state index in [1.54, 1.807) is 6.92 Å². The average molecular weight is 396 g/mol. The van der Waals surface area contributed by atoms with Gasteiger partial charge in [0.2, 0.25) is 10.0 Å². The van der Waals surface area contributed by atoms with Crippen molar-refractivity contribution < 1.29 is 27.8 Å². The van der Waals surface area contributed by atoms with E-state index in [1.165, 1.54) is 26.4 Å². The number of nitrogens with one attached hydrogen (secondary N) is 1. The van der Waals surface area contributed by atoms with Gasteiger partial charge in [-0.1, -0.05) is 13.3 Å². The average Bonchev–Trinajstić information content (AvgIpc) is 2.45. The molecule has 0 fully saturated rings. The maximum absolute atomic E-state index is 12.5. The predicted molar refractivity (Wildman–Crippen MR) is 83.9 cm³/mol. The Bertz CT molecular complexity index is 646. The Balaban J connectivity index is 3.29. The van der Waals surface area contributed by atoms with E-state index in [-0.39, 0.29) is 17.1 Å². The highest BCUT2D eigenvalue weighted by molar-refractivity contribution is 9.10. The van der Waals surface area contributed by atoms with Gasteiger partial charge in [0.25, 0.3) is 0 Å². The van der Waals surface area contributed by atoms with E-state index in [9.17, 15) is 13.2 Å². The third-order valence-electron chi connectivity index (χ3n) is 2.90. The molecule has 0 saturated carbocycles. The smallest absolute Gasteiger partial charge is 0.321 e. The van der Waals surface area contributed by atoms with Gasteiger partial charge in [-0.05, 0) is 28.4 Å². The molecule has 0 amide bonds. The van der Waals surface area contributed by atoms with E-state index < -0.39 is 22.0 Å². The molecule has 7 nitrogen and oxygen atoms in total. The molecule has 1 aromatic rings. The molecule has 0 heterocycles. The highest BCUT2D eigenvalue weighted by Crippen LogP contribution is 2.35. The van der Waals surface area contributed by atoms with Gasteiger partial charge in [-0.3, -0.25) is 4.79 Å². The first kappa shape index (κ1) is 18.7. The number of halogens is 1. The molecule has 0 aliphatic heterocycles. The maximum atomic E-state index is 12.5. The Morgan fingerprint density at radius 1 is 1.32 bits per heavy atom. The highest BCUT2D eigenvalue weighted by Gasteiger charge is 2.28. The first-order valence-electron chi connectivity index (χ1n) is 6.43. The largest absolute Gasteiger partial charge is 0.496 e. The lowest BCUT2D eigenvalue weighted by atomic mass is 10.2. The van der Waals surface area contributed by atoms with Gasteiger partial charge in [0.15, 0.2) is 0 Å². The lowest BCUT2D eigenvalue weighted by Crippen LogP contribution is -2.40. The van der Waals surface area contributed by atoms with Gasteiger partial charge in [0, 0.05) is 6.07 Å². The van der Waals surface area contributed by atoms with E-state index >= 15 is 0 Å². The quantitative estimate of drug-likeness (QED) is 0.697. The second kappa shape index (κ2) is 7.80. The Hall–Kier alpha value is -1.32. The fourth-order valence-electron chi connectivity index (χ4n) is 1.81. The van der Waals surface area contributed by atoms with Crippen molar-refractivity contribution in [3.8, 4) is 11.5 Å². The van der Waals surface area contributed by atoms with Crippen molar-refractivity contribution in [2.45, 2.75) is 30.7 Å². The van der Waals surface area contributed by atoms with Gasteiger partial charge >= 0.3 is 5.97 Å². The first-order valence-corrected chi connectivity index (χ1v) is 8.71. The zero-order valence-corrected chi connectivity index (χ0v) is 14.8. The second-order valence-corrected chi connectivity index (χ2v) is 6.98. The van der Waals surface area contributed by atoms with Crippen molar-refractivity contribution in [2.75, 3.05) is 14.2 Å². The van der Waals surface area contributed by atoms with Crippen LogP contribution in [0.3, 0.4) is 0 Å². The molecule has 124 valence electrons. The fourth-order valence-corrected chi connectivity index (χ4v) is 3.69. The van der Waals surface area contributed by atoms with Gasteiger partial charge in [0.1, 0.15) is 22.4 Å². The number of hydrogen-bond donors (Lipinski definition) is 2. The molecule has 0 bridgehead atoms. The number of aliphatic carboxylic acids is 1. The molecule has 1 unspecified atom stereocenters. The van der Waals surface area contributed by atoms with E-state index in [4.69, 9.17) is 14.6 Å². The molecule has 0 radical (unpaired) electrons. The van der Waals surface area contributed by atoms with Crippen LogP contribution in [0.5, 0.6) is 11.5 Å². The van der Waals surface area contributed by atoms with Gasteiger partial charge in [-0.2, -0.15) is 4.72 Å². The van der Waals surface area contributed by atoms with Gasteiger partial charge in [0.05, 0.1) is 18.7 Å². The number of sulfonamides is 1. The second-order valence-electron chi connectivity index (χ2n) is 4.44. The zero-order valence-electron chi connectivity index (χ0n) is 12.4. The summed E-state index contributed by atoms with van der Waals surface area (Å²) in [6.07, 6.45) is 0.713. The molecule has 22 heavy (non-hydrogen) atoms. The molecule has 9 heteroatoms. The number of rotatable bonds is 8. The topological polar surface area (TPSA) is 102 Å². The number of carboxylic acids is 1. The molecule has 0 aromatic heterocycles. The Kier molecular flexibility index (Phi) is 6.64. The maximum Gasteiger partial charge on any atom is 0.321 e. The first-order chi connectivity index (χ1) is 10.3. The number of ether oxygens (including phenoxy) is 2. The van der Waals surface area contributed by atoms with Crippen LogP contribution in [0.1, 0.15) is 19.8 Å². The molecule has 0 aliphatic rings. The van der Waals surface area contributed by atoms with Crippen LogP contribution in [0.25, 0.3) is 0 Å². The lowest BCUT2D eigenvalue weighted by molar-refractivity contribution is -0.139. The third-order valence-corrected chi connectivity index (χ3v) is 5.01. The molecule has 0 aliphatic carbocycles. The summed E-state index contributed by atoms with van der Waals surface area (Å²) in [5.74, 6) is -0.849. The minimum Gasteiger partial charge on any atom is -0.496 e. The van der Waals surface area contributed by atoms with Crippen molar-refractivity contribution in [3.63, 3.8) is 0 Å². The molecular formula is C13H18BrNO6S. The van der Waals surface area contributed by atoms with Crippen molar-refractivity contribution in [2.24, 2.45) is 0 Å². The Labute approximate surface area is 137 Å². The summed E-state index contributed by atoms with van der Waals surface area (Å²) < 4.78 is 37.7. The summed E-state index contributed by atoms with van der Waals surface area (Å²) in [5.41, 5.74) is 0. The lowest BCUT2D eigenvalue weighted by Gasteiger charge is -2.17. The number of benzene rings is 1. The van der Waals surface area contributed by atoms with Crippen molar-refractivity contribution in [3.05, 3.63) is 16.6 Å². The number of methoxy groups -OCH3 is 2. The monoisotopic (exact) mass is 395 g/mol. The van der Waals surface area contributed by atoms with Gasteiger partial charge < -0.3 is 14.6 Å². The SMILES string of the molecule is CCCC(NS(=O)(=O)c1cc(OC)c(Br)cc1OC)C(=O)O. The molecule has 2 N–H and O–H groups in total. The number of carboxylic acid groups (broad SMARTS) is 1. The van der Waals surface area contributed by atoms with E-state index in [0.29, 0.717) is 16.6 Å². The van der Waals surface area contributed by atoms with Crippen molar-refractivity contribution in [1.29, 1.82) is 0 Å². The fraction of sp³-hybridized carbons (Fsp3) is 0.462. The van der Waals surface area contributed by atoms with E-state index in [0.717, 1.165) is 0 Å². The van der Waals surface area contributed by atoms with Crippen LogP contribution in [-0.4, -0.2) is 39.8 Å². The molecule has 1 aromatic carbocycles. The van der Waals surface area contributed by atoms with Crippen molar-refractivity contribution in [1.82, 2.24) is 4.72 Å². The normalized spacial score (nSPS) is 12.7. The minimum absolute atomic E-state index is 0.0841. The molecule has 0 saturated heterocycles. The minimum atomic E-state index is -4.08. The van der Waals surface area contributed by atoms with Crippen molar-refractivity contribution >= 4 is 31.9 Å². The van der Waals surface area contributed by atoms with E-state index in [1.807, 2.05) is 0 Å². The van der Waals surface area contributed by atoms with Crippen LogP contribution in [0, 0.1) is 0 Å². The van der Waals surface area contributed by atoms with Gasteiger partial charge in [-0.15, -0.1) is 0 Å². The summed E-state index contributed by atoms with van der Waals surface area (Å²) in [5, 5.41) is 9.10. The Morgan fingerprint density at radius 3 is 2.36 bits per heavy atom. The number of hydrogen-bond acceptors (Lipinski definition) is 5. The predicted octanol–water partition coefficient (Wildman–Crippen LogP) is 2.00. The Morgan fingerprint density at radius 2 is 1.91 bits per heavy atom. The van der Waals surface area contributed by atoms with Crippen LogP contribution in [-0.2, 0) is 14.8 Å². The van der Waals surface area contributed by atoms with Crippen LogP contribution >= 0.6 is 15.9 Å². The highest BCUT2D eigenvalue weighted by atomic mass is 79.9. The standard InChI is InChI=1S/C13H18BrNO6S/c1-4-5-9(13(16)17)15-22(18,19)12-7-10(20-2)8(14)6-11(12)21-3/h6-7,9,15H,4-5H2,1-3H3,(H,16,17). The van der Waals surface area contributed by atoms with Crippen LogP contribution in [0.15, 0.2) is 21.5 Å². The third kappa shape index (κ3) is 4.34. The molecule has 0 spiro atoms. The summed E-state index contributed by atoms with van der Waals surface area (Å²) in [4.78, 5) is 11.0. The summed E-state index contributed by atoms with van der Waals surface area (Å²) in [6.45, 7) is 1.77. The summed E-state index contributed by atoms with van der Waals surface area (Å²) in [6, 6.07) is 1.52. The molecular weight excluding hydrogens is 378 g/mol. The summed E-state index contributed by atoms with van der Waals surface area (Å²) in [7, 11) is -1.35. The molecule has 1 rings (SSSR count). The van der Waals surface area contributed by atoms with Gasteiger partial charge in [-0.25, -0.2) is 8.42 Å². The number of carbonyl (C=O) groups is 1. The van der Waals surface area contributed by atoms with Crippen LogP contribution in [0.4, 0.5) is 0 Å².